The lowest BCUT2D eigenvalue weighted by Gasteiger charge is -2.10. The van der Waals surface area contributed by atoms with Gasteiger partial charge in [0.1, 0.15) is 0 Å². The van der Waals surface area contributed by atoms with E-state index in [9.17, 15) is 9.59 Å². The quantitative estimate of drug-likeness (QED) is 0.578. The van der Waals surface area contributed by atoms with E-state index in [4.69, 9.17) is 11.6 Å². The molecule has 0 saturated heterocycles. The molecule has 4 nitrogen and oxygen atoms in total. The SMILES string of the molecule is CCCCC(=O)Nc1cccc(NC(=O)c2cc(I)ccc2Cl)c1. The zero-order valence-electron chi connectivity index (χ0n) is 13.2. The summed E-state index contributed by atoms with van der Waals surface area (Å²) in [4.78, 5) is 24.2. The number of rotatable bonds is 6. The highest BCUT2D eigenvalue weighted by molar-refractivity contribution is 14.1. The minimum absolute atomic E-state index is 0.0269. The smallest absolute Gasteiger partial charge is 0.257 e. The van der Waals surface area contributed by atoms with Crippen LogP contribution in [0.3, 0.4) is 0 Å². The van der Waals surface area contributed by atoms with Crippen molar-refractivity contribution in [2.45, 2.75) is 26.2 Å². The standard InChI is InChI=1S/C18H18ClIN2O2/c1-2-3-7-17(23)21-13-5-4-6-14(11-13)22-18(24)15-10-12(20)8-9-16(15)19/h4-6,8-11H,2-3,7H2,1H3,(H,21,23)(H,22,24). The van der Waals surface area contributed by atoms with Gasteiger partial charge in [0.05, 0.1) is 10.6 Å². The molecular weight excluding hydrogens is 439 g/mol. The molecule has 6 heteroatoms. The molecule has 2 rings (SSSR count). The lowest BCUT2D eigenvalue weighted by Crippen LogP contribution is -2.14. The Morgan fingerprint density at radius 2 is 1.79 bits per heavy atom. The van der Waals surface area contributed by atoms with Gasteiger partial charge in [-0.3, -0.25) is 9.59 Å². The number of halogens is 2. The summed E-state index contributed by atoms with van der Waals surface area (Å²) in [5, 5.41) is 6.04. The van der Waals surface area contributed by atoms with E-state index in [1.807, 2.05) is 13.0 Å². The van der Waals surface area contributed by atoms with Crippen molar-refractivity contribution in [3.63, 3.8) is 0 Å². The molecule has 0 fully saturated rings. The van der Waals surface area contributed by atoms with Gasteiger partial charge >= 0.3 is 0 Å². The van der Waals surface area contributed by atoms with Gasteiger partial charge in [-0.05, 0) is 65.4 Å². The van der Waals surface area contributed by atoms with E-state index in [1.165, 1.54) is 0 Å². The second-order valence-corrected chi connectivity index (χ2v) is 6.96. The second-order valence-electron chi connectivity index (χ2n) is 5.31. The monoisotopic (exact) mass is 456 g/mol. The van der Waals surface area contributed by atoms with E-state index in [1.54, 1.807) is 36.4 Å². The Bertz CT molecular complexity index is 750. The van der Waals surface area contributed by atoms with Crippen molar-refractivity contribution in [1.82, 2.24) is 0 Å². The molecular formula is C18H18ClIN2O2. The Labute approximate surface area is 160 Å². The van der Waals surface area contributed by atoms with E-state index < -0.39 is 0 Å². The molecule has 0 heterocycles. The Kier molecular flexibility index (Phi) is 7.05. The first-order valence-electron chi connectivity index (χ1n) is 7.66. The number of carbonyl (C=O) groups is 2. The maximum absolute atomic E-state index is 12.4. The highest BCUT2D eigenvalue weighted by Gasteiger charge is 2.11. The first kappa shape index (κ1) is 18.7. The summed E-state index contributed by atoms with van der Waals surface area (Å²) in [5.41, 5.74) is 1.67. The predicted molar refractivity (Wildman–Crippen MR) is 107 cm³/mol. The van der Waals surface area contributed by atoms with Crippen LogP contribution in [0.4, 0.5) is 11.4 Å². The Balaban J connectivity index is 2.07. The molecule has 0 bridgehead atoms. The van der Waals surface area contributed by atoms with Crippen LogP contribution >= 0.6 is 34.2 Å². The van der Waals surface area contributed by atoms with Gasteiger partial charge in [0.15, 0.2) is 0 Å². The van der Waals surface area contributed by atoms with Crippen LogP contribution in [0.5, 0.6) is 0 Å². The third-order valence-electron chi connectivity index (χ3n) is 3.33. The van der Waals surface area contributed by atoms with Gasteiger partial charge in [-0.25, -0.2) is 0 Å². The zero-order valence-corrected chi connectivity index (χ0v) is 16.1. The topological polar surface area (TPSA) is 58.2 Å². The summed E-state index contributed by atoms with van der Waals surface area (Å²) < 4.78 is 0.930. The van der Waals surface area contributed by atoms with Crippen molar-refractivity contribution >= 4 is 57.4 Å². The first-order chi connectivity index (χ1) is 11.5. The molecule has 126 valence electrons. The van der Waals surface area contributed by atoms with Crippen LogP contribution in [-0.2, 0) is 4.79 Å². The van der Waals surface area contributed by atoms with E-state index in [-0.39, 0.29) is 11.8 Å². The van der Waals surface area contributed by atoms with E-state index in [0.29, 0.717) is 28.4 Å². The molecule has 0 aliphatic rings. The van der Waals surface area contributed by atoms with Gasteiger partial charge < -0.3 is 10.6 Å². The van der Waals surface area contributed by atoms with Crippen molar-refractivity contribution in [3.05, 3.63) is 56.6 Å². The van der Waals surface area contributed by atoms with E-state index >= 15 is 0 Å². The summed E-state index contributed by atoms with van der Waals surface area (Å²) in [6.07, 6.45) is 2.32. The van der Waals surface area contributed by atoms with Crippen molar-refractivity contribution < 1.29 is 9.59 Å². The van der Waals surface area contributed by atoms with Crippen molar-refractivity contribution in [1.29, 1.82) is 0 Å². The molecule has 2 aromatic rings. The lowest BCUT2D eigenvalue weighted by atomic mass is 10.2. The molecule has 0 aliphatic heterocycles. The fourth-order valence-electron chi connectivity index (χ4n) is 2.11. The number of nitrogens with one attached hydrogen (secondary N) is 2. The van der Waals surface area contributed by atoms with Crippen molar-refractivity contribution in [3.8, 4) is 0 Å². The highest BCUT2D eigenvalue weighted by Crippen LogP contribution is 2.21. The molecule has 2 amide bonds. The third kappa shape index (κ3) is 5.49. The lowest BCUT2D eigenvalue weighted by molar-refractivity contribution is -0.116. The predicted octanol–water partition coefficient (Wildman–Crippen LogP) is 5.33. The third-order valence-corrected chi connectivity index (χ3v) is 4.34. The first-order valence-corrected chi connectivity index (χ1v) is 9.11. The Morgan fingerprint density at radius 1 is 1.08 bits per heavy atom. The van der Waals surface area contributed by atoms with Gasteiger partial charge in [-0.2, -0.15) is 0 Å². The molecule has 0 unspecified atom stereocenters. The molecule has 0 aliphatic carbocycles. The maximum atomic E-state index is 12.4. The number of benzene rings is 2. The van der Waals surface area contributed by atoms with Crippen LogP contribution in [0.1, 0.15) is 36.5 Å². The van der Waals surface area contributed by atoms with Gasteiger partial charge in [0, 0.05) is 21.4 Å². The van der Waals surface area contributed by atoms with Crippen LogP contribution in [0.2, 0.25) is 5.02 Å². The van der Waals surface area contributed by atoms with E-state index in [2.05, 4.69) is 33.2 Å². The zero-order chi connectivity index (χ0) is 17.5. The summed E-state index contributed by atoms with van der Waals surface area (Å²) >= 11 is 8.21. The molecule has 0 atom stereocenters. The normalized spacial score (nSPS) is 10.3. The maximum Gasteiger partial charge on any atom is 0.257 e. The van der Waals surface area contributed by atoms with Crippen LogP contribution in [0.15, 0.2) is 42.5 Å². The van der Waals surface area contributed by atoms with Gasteiger partial charge in [-0.1, -0.05) is 31.0 Å². The van der Waals surface area contributed by atoms with Crippen molar-refractivity contribution in [2.75, 3.05) is 10.6 Å². The summed E-state index contributed by atoms with van der Waals surface area (Å²) in [6.45, 7) is 2.04. The minimum Gasteiger partial charge on any atom is -0.326 e. The molecule has 24 heavy (non-hydrogen) atoms. The van der Waals surface area contributed by atoms with E-state index in [0.717, 1.165) is 16.4 Å². The number of carbonyl (C=O) groups excluding carboxylic acids is 2. The summed E-state index contributed by atoms with van der Waals surface area (Å²) in [5.74, 6) is -0.311. The molecule has 0 spiro atoms. The Morgan fingerprint density at radius 3 is 2.50 bits per heavy atom. The molecule has 2 aromatic carbocycles. The fourth-order valence-corrected chi connectivity index (χ4v) is 2.80. The Hall–Kier alpha value is -1.60. The van der Waals surface area contributed by atoms with Crippen LogP contribution in [0, 0.1) is 3.57 Å². The number of amides is 2. The van der Waals surface area contributed by atoms with Crippen LogP contribution in [0.25, 0.3) is 0 Å². The average molecular weight is 457 g/mol. The van der Waals surface area contributed by atoms with Gasteiger partial charge in [0.25, 0.3) is 5.91 Å². The number of anilines is 2. The number of unbranched alkanes of at least 4 members (excludes halogenated alkanes) is 1. The molecule has 0 saturated carbocycles. The highest BCUT2D eigenvalue weighted by atomic mass is 127. The average Bonchev–Trinajstić information content (AvgIpc) is 2.55. The molecule has 2 N–H and O–H groups in total. The molecule has 0 radical (unpaired) electrons. The minimum atomic E-state index is -0.284. The van der Waals surface area contributed by atoms with Crippen LogP contribution < -0.4 is 10.6 Å². The largest absolute Gasteiger partial charge is 0.326 e. The molecule has 0 aromatic heterocycles. The number of hydrogen-bond acceptors (Lipinski definition) is 2. The van der Waals surface area contributed by atoms with Crippen LogP contribution in [-0.4, -0.2) is 11.8 Å². The van der Waals surface area contributed by atoms with Crippen molar-refractivity contribution in [2.24, 2.45) is 0 Å². The van der Waals surface area contributed by atoms with Gasteiger partial charge in [-0.15, -0.1) is 0 Å². The summed E-state index contributed by atoms with van der Waals surface area (Å²) in [6, 6.07) is 12.3. The number of hydrogen-bond donors (Lipinski definition) is 2. The van der Waals surface area contributed by atoms with Gasteiger partial charge in [0.2, 0.25) is 5.91 Å². The second kappa shape index (κ2) is 9.03. The fraction of sp³-hybridized carbons (Fsp3) is 0.222. The summed E-state index contributed by atoms with van der Waals surface area (Å²) in [7, 11) is 0.